The van der Waals surface area contributed by atoms with Crippen LogP contribution in [0.4, 0.5) is 0 Å². The first kappa shape index (κ1) is 14.8. The van der Waals surface area contributed by atoms with Gasteiger partial charge in [-0.3, -0.25) is 0 Å². The summed E-state index contributed by atoms with van der Waals surface area (Å²) in [6.07, 6.45) is 0.737. The molecule has 1 rings (SSSR count). The minimum atomic E-state index is -3.69. The van der Waals surface area contributed by atoms with Gasteiger partial charge in [0.2, 0.25) is 10.0 Å². The summed E-state index contributed by atoms with van der Waals surface area (Å²) in [6.45, 7) is -1.25. The van der Waals surface area contributed by atoms with Crippen molar-refractivity contribution in [1.29, 1.82) is 0 Å². The second kappa shape index (κ2) is 6.07. The van der Waals surface area contributed by atoms with E-state index in [1.807, 2.05) is 0 Å². The molecule has 0 aromatic carbocycles. The molecule has 17 heavy (non-hydrogen) atoms. The first-order valence-corrected chi connectivity index (χ1v) is 6.97. The van der Waals surface area contributed by atoms with Crippen LogP contribution in [0.15, 0.2) is 0 Å². The van der Waals surface area contributed by atoms with Crippen molar-refractivity contribution in [2.75, 3.05) is 33.0 Å². The van der Waals surface area contributed by atoms with E-state index in [0.29, 0.717) is 26.1 Å². The maximum absolute atomic E-state index is 12.0. The summed E-state index contributed by atoms with van der Waals surface area (Å²) in [5.74, 6) is 0. The van der Waals surface area contributed by atoms with Crippen molar-refractivity contribution < 1.29 is 28.5 Å². The minimum Gasteiger partial charge on any atom is -0.394 e. The van der Waals surface area contributed by atoms with Gasteiger partial charge < -0.3 is 20.1 Å². The highest BCUT2D eigenvalue weighted by molar-refractivity contribution is 7.90. The molecular formula is C9H19NO6S. The molecule has 1 aliphatic heterocycles. The SMILES string of the molecule is O=S(=O)(NC(CO)(CO)CO)C1CCOCC1. The molecule has 1 heterocycles. The Kier molecular flexibility index (Phi) is 5.29. The van der Waals surface area contributed by atoms with Crippen LogP contribution in [0, 0.1) is 0 Å². The maximum Gasteiger partial charge on any atom is 0.215 e. The van der Waals surface area contributed by atoms with Crippen LogP contribution in [0.25, 0.3) is 0 Å². The Balaban J connectivity index is 2.76. The smallest absolute Gasteiger partial charge is 0.215 e. The van der Waals surface area contributed by atoms with Crippen LogP contribution in [-0.2, 0) is 14.8 Å². The minimum absolute atomic E-state index is 0.369. The number of aliphatic hydroxyl groups excluding tert-OH is 3. The Morgan fingerprint density at radius 2 is 1.59 bits per heavy atom. The van der Waals surface area contributed by atoms with E-state index < -0.39 is 40.6 Å². The molecule has 0 aromatic heterocycles. The number of sulfonamides is 1. The number of aliphatic hydroxyl groups is 3. The normalized spacial score (nSPS) is 19.5. The van der Waals surface area contributed by atoms with Gasteiger partial charge in [-0.15, -0.1) is 0 Å². The zero-order valence-electron chi connectivity index (χ0n) is 9.50. The fourth-order valence-corrected chi connectivity index (χ4v) is 3.40. The lowest BCUT2D eigenvalue weighted by Gasteiger charge is -2.31. The van der Waals surface area contributed by atoms with Crippen LogP contribution in [0.5, 0.6) is 0 Å². The first-order chi connectivity index (χ1) is 7.99. The highest BCUT2D eigenvalue weighted by Gasteiger charge is 2.37. The van der Waals surface area contributed by atoms with E-state index in [9.17, 15) is 8.42 Å². The summed E-state index contributed by atoms with van der Waals surface area (Å²) >= 11 is 0. The summed E-state index contributed by atoms with van der Waals surface area (Å²) in [5.41, 5.74) is -1.60. The van der Waals surface area contributed by atoms with Crippen LogP contribution >= 0.6 is 0 Å². The Morgan fingerprint density at radius 1 is 1.12 bits per heavy atom. The molecule has 0 atom stereocenters. The molecule has 0 aromatic rings. The number of hydrogen-bond donors (Lipinski definition) is 4. The summed E-state index contributed by atoms with van der Waals surface area (Å²) in [7, 11) is -3.69. The topological polar surface area (TPSA) is 116 Å². The van der Waals surface area contributed by atoms with E-state index in [1.165, 1.54) is 0 Å². The third-order valence-electron chi connectivity index (χ3n) is 2.87. The van der Waals surface area contributed by atoms with Crippen LogP contribution in [0.1, 0.15) is 12.8 Å². The van der Waals surface area contributed by atoms with E-state index in [2.05, 4.69) is 4.72 Å². The molecule has 0 radical (unpaired) electrons. The molecule has 0 unspecified atom stereocenters. The third-order valence-corrected chi connectivity index (χ3v) is 4.94. The fourth-order valence-electron chi connectivity index (χ4n) is 1.62. The van der Waals surface area contributed by atoms with Crippen molar-refractivity contribution in [1.82, 2.24) is 4.72 Å². The second-order valence-corrected chi connectivity index (χ2v) is 6.17. The van der Waals surface area contributed by atoms with Gasteiger partial charge >= 0.3 is 0 Å². The number of ether oxygens (including phenoxy) is 1. The van der Waals surface area contributed by atoms with Crippen molar-refractivity contribution in [3.63, 3.8) is 0 Å². The average molecular weight is 269 g/mol. The van der Waals surface area contributed by atoms with Gasteiger partial charge in [-0.25, -0.2) is 13.1 Å². The van der Waals surface area contributed by atoms with E-state index in [0.717, 1.165) is 0 Å². The second-order valence-electron chi connectivity index (χ2n) is 4.21. The molecular weight excluding hydrogens is 250 g/mol. The van der Waals surface area contributed by atoms with E-state index >= 15 is 0 Å². The molecule has 1 saturated heterocycles. The molecule has 102 valence electrons. The van der Waals surface area contributed by atoms with Crippen molar-refractivity contribution >= 4 is 10.0 Å². The highest BCUT2D eigenvalue weighted by atomic mass is 32.2. The Morgan fingerprint density at radius 3 is 2.00 bits per heavy atom. The molecule has 0 saturated carbocycles. The third kappa shape index (κ3) is 3.60. The van der Waals surface area contributed by atoms with Gasteiger partial charge in [0.15, 0.2) is 0 Å². The largest absolute Gasteiger partial charge is 0.394 e. The first-order valence-electron chi connectivity index (χ1n) is 5.43. The molecule has 8 heteroatoms. The highest BCUT2D eigenvalue weighted by Crippen LogP contribution is 2.17. The lowest BCUT2D eigenvalue weighted by atomic mass is 10.1. The predicted octanol–water partition coefficient (Wildman–Crippen LogP) is -2.20. The number of hydrogen-bond acceptors (Lipinski definition) is 6. The molecule has 0 aliphatic carbocycles. The van der Waals surface area contributed by atoms with Gasteiger partial charge in [0, 0.05) is 13.2 Å². The Bertz CT molecular complexity index is 312. The lowest BCUT2D eigenvalue weighted by molar-refractivity contribution is 0.0569. The monoisotopic (exact) mass is 269 g/mol. The fraction of sp³-hybridized carbons (Fsp3) is 1.00. The van der Waals surface area contributed by atoms with Crippen LogP contribution in [-0.4, -0.2) is 67.6 Å². The predicted molar refractivity (Wildman–Crippen MR) is 59.9 cm³/mol. The molecule has 1 aliphatic rings. The molecule has 1 fully saturated rings. The van der Waals surface area contributed by atoms with Crippen LogP contribution in [0.3, 0.4) is 0 Å². The van der Waals surface area contributed by atoms with Crippen molar-refractivity contribution in [2.24, 2.45) is 0 Å². The van der Waals surface area contributed by atoms with E-state index in [4.69, 9.17) is 20.1 Å². The maximum atomic E-state index is 12.0. The van der Waals surface area contributed by atoms with Gasteiger partial charge in [-0.1, -0.05) is 0 Å². The van der Waals surface area contributed by atoms with Crippen LogP contribution < -0.4 is 4.72 Å². The van der Waals surface area contributed by atoms with Crippen molar-refractivity contribution in [3.8, 4) is 0 Å². The van der Waals surface area contributed by atoms with Crippen molar-refractivity contribution in [2.45, 2.75) is 23.6 Å². The number of nitrogens with one attached hydrogen (secondary N) is 1. The number of rotatable bonds is 6. The summed E-state index contributed by atoms with van der Waals surface area (Å²) in [5, 5.41) is 26.6. The summed E-state index contributed by atoms with van der Waals surface area (Å²) in [4.78, 5) is 0. The standard InChI is InChI=1S/C9H19NO6S/c11-5-9(6-12,7-13)10-17(14,15)8-1-3-16-4-2-8/h8,10-13H,1-7H2. The van der Waals surface area contributed by atoms with Gasteiger partial charge in [0.1, 0.15) is 5.54 Å². The van der Waals surface area contributed by atoms with E-state index in [-0.39, 0.29) is 0 Å². The molecule has 0 spiro atoms. The van der Waals surface area contributed by atoms with Gasteiger partial charge in [0.25, 0.3) is 0 Å². The molecule has 0 amide bonds. The molecule has 7 nitrogen and oxygen atoms in total. The van der Waals surface area contributed by atoms with Crippen LogP contribution in [0.2, 0.25) is 0 Å². The molecule has 0 bridgehead atoms. The Labute approximate surface area is 100 Å². The Hall–Kier alpha value is -0.250. The summed E-state index contributed by atoms with van der Waals surface area (Å²) < 4.78 is 31.2. The van der Waals surface area contributed by atoms with E-state index in [1.54, 1.807) is 0 Å². The van der Waals surface area contributed by atoms with Gasteiger partial charge in [-0.2, -0.15) is 0 Å². The van der Waals surface area contributed by atoms with Crippen molar-refractivity contribution in [3.05, 3.63) is 0 Å². The molecule has 4 N–H and O–H groups in total. The zero-order valence-corrected chi connectivity index (χ0v) is 10.3. The quantitative estimate of drug-likeness (QED) is 0.435. The van der Waals surface area contributed by atoms with Gasteiger partial charge in [-0.05, 0) is 12.8 Å². The summed E-state index contributed by atoms with van der Waals surface area (Å²) in [6, 6.07) is 0. The lowest BCUT2D eigenvalue weighted by Crippen LogP contribution is -2.59. The van der Waals surface area contributed by atoms with Gasteiger partial charge in [0.05, 0.1) is 25.1 Å². The zero-order chi connectivity index (χ0) is 12.9. The average Bonchev–Trinajstić information content (AvgIpc) is 2.37.